The first-order chi connectivity index (χ1) is 13.1. The smallest absolute Gasteiger partial charge is 0.273 e. The standard InChI is InChI=1S/C18H22N6O3/c25-17(14-15-4-1-2-5-16(15)24(26)27)19-8-9-22-10-12-23(13-11-22)18-20-6-3-7-21-18/h1-7H,8-14H2,(H,19,25). The minimum atomic E-state index is -0.460. The fourth-order valence-electron chi connectivity index (χ4n) is 3.05. The average molecular weight is 370 g/mol. The SMILES string of the molecule is O=C(Cc1ccccc1[N+](=O)[O-])NCCN1CCN(c2ncccn2)CC1. The molecule has 2 heterocycles. The number of nitrogens with one attached hydrogen (secondary N) is 1. The molecule has 3 rings (SSSR count). The van der Waals surface area contributed by atoms with E-state index >= 15 is 0 Å². The van der Waals surface area contributed by atoms with Gasteiger partial charge in [0.15, 0.2) is 0 Å². The second kappa shape index (κ2) is 9.04. The van der Waals surface area contributed by atoms with Crippen molar-refractivity contribution in [2.45, 2.75) is 6.42 Å². The Labute approximate surface area is 157 Å². The molecule has 1 fully saturated rings. The molecule has 9 nitrogen and oxygen atoms in total. The number of rotatable bonds is 7. The number of aromatic nitrogens is 2. The minimum absolute atomic E-state index is 0.0102. The fraction of sp³-hybridized carbons (Fsp3) is 0.389. The van der Waals surface area contributed by atoms with Crippen molar-refractivity contribution in [2.24, 2.45) is 0 Å². The van der Waals surface area contributed by atoms with Crippen LogP contribution < -0.4 is 10.2 Å². The van der Waals surface area contributed by atoms with Gasteiger partial charge in [0, 0.05) is 63.3 Å². The summed E-state index contributed by atoms with van der Waals surface area (Å²) in [6.45, 7) is 4.69. The Morgan fingerprint density at radius 3 is 2.52 bits per heavy atom. The van der Waals surface area contributed by atoms with Crippen LogP contribution in [0, 0.1) is 10.1 Å². The van der Waals surface area contributed by atoms with Gasteiger partial charge in [0.05, 0.1) is 11.3 Å². The number of hydrogen-bond donors (Lipinski definition) is 1. The molecule has 9 heteroatoms. The summed E-state index contributed by atoms with van der Waals surface area (Å²) < 4.78 is 0. The van der Waals surface area contributed by atoms with E-state index in [0.29, 0.717) is 12.1 Å². The number of para-hydroxylation sites is 1. The third-order valence-corrected chi connectivity index (χ3v) is 4.50. The van der Waals surface area contributed by atoms with Crippen LogP contribution in [0.2, 0.25) is 0 Å². The largest absolute Gasteiger partial charge is 0.355 e. The van der Waals surface area contributed by atoms with E-state index in [4.69, 9.17) is 0 Å². The molecule has 1 N–H and O–H groups in total. The van der Waals surface area contributed by atoms with Crippen molar-refractivity contribution < 1.29 is 9.72 Å². The molecule has 27 heavy (non-hydrogen) atoms. The summed E-state index contributed by atoms with van der Waals surface area (Å²) in [6, 6.07) is 8.12. The van der Waals surface area contributed by atoms with Gasteiger partial charge in [-0.05, 0) is 6.07 Å². The van der Waals surface area contributed by atoms with Crippen LogP contribution in [0.15, 0.2) is 42.7 Å². The number of nitro groups is 1. The molecule has 2 aromatic rings. The zero-order chi connectivity index (χ0) is 19.1. The number of amides is 1. The number of carbonyl (C=O) groups excluding carboxylic acids is 1. The highest BCUT2D eigenvalue weighted by Crippen LogP contribution is 2.17. The van der Waals surface area contributed by atoms with Gasteiger partial charge in [0.2, 0.25) is 11.9 Å². The van der Waals surface area contributed by atoms with Crippen molar-refractivity contribution in [3.05, 3.63) is 58.4 Å². The molecule has 0 atom stereocenters. The Morgan fingerprint density at radius 2 is 1.81 bits per heavy atom. The van der Waals surface area contributed by atoms with Gasteiger partial charge < -0.3 is 10.2 Å². The van der Waals surface area contributed by atoms with Crippen molar-refractivity contribution >= 4 is 17.5 Å². The summed E-state index contributed by atoms with van der Waals surface area (Å²) in [5.41, 5.74) is 0.406. The van der Waals surface area contributed by atoms with Gasteiger partial charge >= 0.3 is 0 Å². The van der Waals surface area contributed by atoms with Gasteiger partial charge in [-0.25, -0.2) is 9.97 Å². The maximum atomic E-state index is 12.1. The molecule has 1 aliphatic heterocycles. The minimum Gasteiger partial charge on any atom is -0.355 e. The lowest BCUT2D eigenvalue weighted by atomic mass is 10.1. The summed E-state index contributed by atoms with van der Waals surface area (Å²) in [5, 5.41) is 13.9. The lowest BCUT2D eigenvalue weighted by molar-refractivity contribution is -0.385. The molecule has 1 saturated heterocycles. The van der Waals surface area contributed by atoms with E-state index in [9.17, 15) is 14.9 Å². The first kappa shape index (κ1) is 18.7. The monoisotopic (exact) mass is 370 g/mol. The molecule has 0 aliphatic carbocycles. The van der Waals surface area contributed by atoms with Crippen LogP contribution >= 0.6 is 0 Å². The van der Waals surface area contributed by atoms with Crippen molar-refractivity contribution in [2.75, 3.05) is 44.2 Å². The topological polar surface area (TPSA) is 104 Å². The van der Waals surface area contributed by atoms with Crippen LogP contribution in [0.4, 0.5) is 11.6 Å². The number of hydrogen-bond acceptors (Lipinski definition) is 7. The molecule has 0 bridgehead atoms. The highest BCUT2D eigenvalue weighted by molar-refractivity contribution is 5.79. The van der Waals surface area contributed by atoms with Gasteiger partial charge in [-0.2, -0.15) is 0 Å². The zero-order valence-electron chi connectivity index (χ0n) is 15.0. The zero-order valence-corrected chi connectivity index (χ0v) is 15.0. The number of nitrogens with zero attached hydrogens (tertiary/aromatic N) is 5. The van der Waals surface area contributed by atoms with Crippen LogP contribution in [-0.4, -0.2) is 65.0 Å². The molecular formula is C18H22N6O3. The van der Waals surface area contributed by atoms with Crippen molar-refractivity contribution in [3.63, 3.8) is 0 Å². The van der Waals surface area contributed by atoms with Gasteiger partial charge in [-0.3, -0.25) is 19.8 Å². The molecule has 1 amide bonds. The normalized spacial score (nSPS) is 14.7. The molecule has 1 aromatic carbocycles. The maximum Gasteiger partial charge on any atom is 0.273 e. The molecule has 0 unspecified atom stereocenters. The Morgan fingerprint density at radius 1 is 1.11 bits per heavy atom. The van der Waals surface area contributed by atoms with E-state index in [1.54, 1.807) is 36.7 Å². The van der Waals surface area contributed by atoms with E-state index in [1.165, 1.54) is 6.07 Å². The number of anilines is 1. The number of benzene rings is 1. The Kier molecular flexibility index (Phi) is 6.26. The van der Waals surface area contributed by atoms with Crippen LogP contribution in [0.25, 0.3) is 0 Å². The molecule has 142 valence electrons. The third-order valence-electron chi connectivity index (χ3n) is 4.50. The van der Waals surface area contributed by atoms with Crippen LogP contribution in [0.5, 0.6) is 0 Å². The van der Waals surface area contributed by atoms with E-state index in [2.05, 4.69) is 25.1 Å². The first-order valence-electron chi connectivity index (χ1n) is 8.87. The quantitative estimate of drug-likeness (QED) is 0.569. The fourth-order valence-corrected chi connectivity index (χ4v) is 3.05. The summed E-state index contributed by atoms with van der Waals surface area (Å²) in [7, 11) is 0. The summed E-state index contributed by atoms with van der Waals surface area (Å²) >= 11 is 0. The summed E-state index contributed by atoms with van der Waals surface area (Å²) in [6.07, 6.45) is 3.49. The van der Waals surface area contributed by atoms with Crippen LogP contribution in [0.3, 0.4) is 0 Å². The van der Waals surface area contributed by atoms with Crippen molar-refractivity contribution in [1.29, 1.82) is 0 Å². The number of nitro benzene ring substituents is 1. The van der Waals surface area contributed by atoms with Crippen LogP contribution in [-0.2, 0) is 11.2 Å². The molecule has 1 aliphatic rings. The van der Waals surface area contributed by atoms with Gasteiger partial charge in [-0.15, -0.1) is 0 Å². The van der Waals surface area contributed by atoms with E-state index in [-0.39, 0.29) is 18.0 Å². The average Bonchev–Trinajstić information content (AvgIpc) is 2.69. The van der Waals surface area contributed by atoms with Crippen molar-refractivity contribution in [3.8, 4) is 0 Å². The maximum absolute atomic E-state index is 12.1. The Balaban J connectivity index is 1.39. The predicted octanol–water partition coefficient (Wildman–Crippen LogP) is 0.866. The summed E-state index contributed by atoms with van der Waals surface area (Å²) in [4.78, 5) is 35.6. The molecular weight excluding hydrogens is 348 g/mol. The number of carbonyl (C=O) groups is 1. The highest BCUT2D eigenvalue weighted by Gasteiger charge is 2.19. The second-order valence-corrected chi connectivity index (χ2v) is 6.29. The molecule has 1 aromatic heterocycles. The Bertz CT molecular complexity index is 778. The van der Waals surface area contributed by atoms with Gasteiger partial charge in [-0.1, -0.05) is 18.2 Å². The number of piperazine rings is 1. The van der Waals surface area contributed by atoms with Gasteiger partial charge in [0.1, 0.15) is 0 Å². The predicted molar refractivity (Wildman–Crippen MR) is 100 cm³/mol. The summed E-state index contributed by atoms with van der Waals surface area (Å²) in [5.74, 6) is 0.538. The molecule has 0 spiro atoms. The first-order valence-corrected chi connectivity index (χ1v) is 8.87. The van der Waals surface area contributed by atoms with Crippen molar-refractivity contribution in [1.82, 2.24) is 20.2 Å². The lowest BCUT2D eigenvalue weighted by Crippen LogP contribution is -2.49. The van der Waals surface area contributed by atoms with E-state index in [0.717, 1.165) is 38.7 Å². The highest BCUT2D eigenvalue weighted by atomic mass is 16.6. The Hall–Kier alpha value is -3.07. The van der Waals surface area contributed by atoms with E-state index < -0.39 is 4.92 Å². The van der Waals surface area contributed by atoms with Gasteiger partial charge in [0.25, 0.3) is 5.69 Å². The third kappa shape index (κ3) is 5.20. The molecule has 0 radical (unpaired) electrons. The second-order valence-electron chi connectivity index (χ2n) is 6.29. The van der Waals surface area contributed by atoms with Crippen LogP contribution in [0.1, 0.15) is 5.56 Å². The van der Waals surface area contributed by atoms with E-state index in [1.807, 2.05) is 0 Å². The lowest BCUT2D eigenvalue weighted by Gasteiger charge is -2.34. The molecule has 0 saturated carbocycles.